The molecule has 13 N–H and O–H groups in total. The van der Waals surface area contributed by atoms with E-state index in [1.165, 1.54) is 32.4 Å². The van der Waals surface area contributed by atoms with Gasteiger partial charge in [-0.25, -0.2) is 4.42 Å². The molecule has 3 aromatic rings. The van der Waals surface area contributed by atoms with E-state index in [2.05, 4.69) is 0 Å². The number of fused-ring (bicyclic) bond motifs is 1. The first kappa shape index (κ1) is 42.7. The number of ether oxygens (including phenoxy) is 8. The van der Waals surface area contributed by atoms with Crippen LogP contribution in [0.25, 0.3) is 22.3 Å². The van der Waals surface area contributed by atoms with Gasteiger partial charge in [0.25, 0.3) is 0 Å². The van der Waals surface area contributed by atoms with E-state index in [4.69, 9.17) is 42.3 Å². The van der Waals surface area contributed by atoms with Crippen molar-refractivity contribution < 1.29 is 109 Å². The first-order valence-electron chi connectivity index (χ1n) is 17.5. The van der Waals surface area contributed by atoms with Gasteiger partial charge in [0.05, 0.1) is 45.7 Å². The first-order valence-corrected chi connectivity index (χ1v) is 17.5. The van der Waals surface area contributed by atoms with Crippen LogP contribution >= 0.6 is 0 Å². The third kappa shape index (κ3) is 8.21. The topological polar surface area (TPSA) is 348 Å². The lowest BCUT2D eigenvalue weighted by atomic mass is 9.97. The number of phenolic OH excluding ortho intramolecular Hbond substituents is 2. The minimum absolute atomic E-state index is 0.0391. The summed E-state index contributed by atoms with van der Waals surface area (Å²) in [4.78, 5) is 0. The molecule has 0 saturated carbocycles. The van der Waals surface area contributed by atoms with Crippen molar-refractivity contribution in [3.63, 3.8) is 0 Å². The molecule has 0 aliphatic carbocycles. The summed E-state index contributed by atoms with van der Waals surface area (Å²) in [6.45, 7) is -2.46. The number of rotatable bonds is 12. The van der Waals surface area contributed by atoms with Gasteiger partial charge in [0.1, 0.15) is 84.0 Å². The third-order valence-corrected chi connectivity index (χ3v) is 9.84. The molecule has 3 aliphatic rings. The SMILES string of the molecule is COc1cc(-c2[o+]c3cc(O)cc(O[C@@H]4O[C@H](CO)[C@@H](O)[C@H](O)[C@H]4O)c3cc2O[C@@H]2O[C@H](CO)[C@@H](O)[C@H](O)[C@H]2O[C@@H]2O[C@H](CO)[C@@H](O)[C@H](O)[C@H]2O)cc(OC)c1O. The van der Waals surface area contributed by atoms with E-state index in [0.717, 1.165) is 12.1 Å². The fourth-order valence-electron chi connectivity index (χ4n) is 6.63. The zero-order valence-corrected chi connectivity index (χ0v) is 30.2. The second-order valence-electron chi connectivity index (χ2n) is 13.5. The van der Waals surface area contributed by atoms with Gasteiger partial charge in [0.15, 0.2) is 23.9 Å². The van der Waals surface area contributed by atoms with Crippen LogP contribution in [0.3, 0.4) is 0 Å². The highest BCUT2D eigenvalue weighted by Gasteiger charge is 2.52. The molecule has 0 spiro atoms. The van der Waals surface area contributed by atoms with E-state index < -0.39 is 123 Å². The summed E-state index contributed by atoms with van der Waals surface area (Å²) >= 11 is 0. The maximum atomic E-state index is 11.3. The molecule has 0 radical (unpaired) electrons. The van der Waals surface area contributed by atoms with Crippen molar-refractivity contribution in [2.75, 3.05) is 34.0 Å². The van der Waals surface area contributed by atoms with Crippen molar-refractivity contribution in [1.82, 2.24) is 0 Å². The van der Waals surface area contributed by atoms with Crippen molar-refractivity contribution in [3.05, 3.63) is 30.3 Å². The van der Waals surface area contributed by atoms with Crippen LogP contribution in [0.2, 0.25) is 0 Å². The number of phenols is 2. The Morgan fingerprint density at radius 3 is 1.58 bits per heavy atom. The average molecular weight is 818 g/mol. The highest BCUT2D eigenvalue weighted by molar-refractivity contribution is 5.89. The van der Waals surface area contributed by atoms with Gasteiger partial charge in [-0.1, -0.05) is 0 Å². The molecule has 316 valence electrons. The minimum Gasteiger partial charge on any atom is -0.507 e. The minimum atomic E-state index is -1.97. The predicted molar refractivity (Wildman–Crippen MR) is 184 cm³/mol. The smallest absolute Gasteiger partial charge is 0.402 e. The van der Waals surface area contributed by atoms with Crippen LogP contribution in [0.4, 0.5) is 0 Å². The van der Waals surface area contributed by atoms with Crippen LogP contribution in [0.1, 0.15) is 0 Å². The van der Waals surface area contributed by atoms with Crippen LogP contribution in [-0.4, -0.2) is 193 Å². The molecule has 2 aromatic carbocycles. The van der Waals surface area contributed by atoms with Crippen LogP contribution in [0, 0.1) is 0 Å². The highest BCUT2D eigenvalue weighted by atomic mass is 16.8. The average Bonchev–Trinajstić information content (AvgIpc) is 3.20. The quantitative estimate of drug-likeness (QED) is 0.0774. The Morgan fingerprint density at radius 1 is 0.544 bits per heavy atom. The fraction of sp³-hybridized carbons (Fsp3) is 0.571. The molecule has 6 rings (SSSR count). The van der Waals surface area contributed by atoms with Gasteiger partial charge in [0, 0.05) is 24.3 Å². The number of hydrogen-bond donors (Lipinski definition) is 13. The Labute approximate surface area is 321 Å². The lowest BCUT2D eigenvalue weighted by molar-refractivity contribution is -0.357. The third-order valence-electron chi connectivity index (χ3n) is 9.84. The second-order valence-corrected chi connectivity index (χ2v) is 13.5. The van der Waals surface area contributed by atoms with E-state index in [1.807, 2.05) is 0 Å². The largest absolute Gasteiger partial charge is 0.507 e. The molecule has 0 amide bonds. The Balaban J connectivity index is 1.48. The first-order chi connectivity index (χ1) is 27.1. The van der Waals surface area contributed by atoms with Crippen molar-refractivity contribution >= 4 is 11.0 Å². The Morgan fingerprint density at radius 2 is 1.04 bits per heavy atom. The molecule has 22 heteroatoms. The number of aliphatic hydroxyl groups is 11. The highest BCUT2D eigenvalue weighted by Crippen LogP contribution is 2.46. The number of aromatic hydroxyl groups is 2. The number of hydrogen-bond acceptors (Lipinski definition) is 21. The molecule has 3 saturated heterocycles. The van der Waals surface area contributed by atoms with E-state index >= 15 is 0 Å². The maximum Gasteiger partial charge on any atom is 0.402 e. The molecule has 22 nitrogen and oxygen atoms in total. The summed E-state index contributed by atoms with van der Waals surface area (Å²) < 4.78 is 51.5. The molecule has 1 aromatic heterocycles. The monoisotopic (exact) mass is 817 g/mol. The molecule has 57 heavy (non-hydrogen) atoms. The van der Waals surface area contributed by atoms with Crippen LogP contribution in [-0.2, 0) is 18.9 Å². The molecule has 0 bridgehead atoms. The normalized spacial score (nSPS) is 35.8. The fourth-order valence-corrected chi connectivity index (χ4v) is 6.63. The van der Waals surface area contributed by atoms with Gasteiger partial charge < -0.3 is 104 Å². The standard InChI is InChI=1S/C35H44O22/c1-49-16-3-11(4-17(50-2)22(16)40)31-18(7-13-14(51-31)5-12(39)6-15(13)52-33-29(47)26(44)23(41)19(8-36)54-33)53-35-32(28(46)25(43)21(10-38)56-35)57-34-30(48)27(45)24(42)20(9-37)55-34/h3-7,19-21,23-30,32-38,41-48H,8-10H2,1-2H3,(H-,39,40)/p+1/t19-,20-,21-,23-,24-,25-,26+,27+,28+,29-,30-,32-,33-,34+,35-/m1/s1. The molecule has 3 fully saturated rings. The predicted octanol–water partition coefficient (Wildman–Crippen LogP) is -4.01. The number of methoxy groups -OCH3 is 2. The summed E-state index contributed by atoms with van der Waals surface area (Å²) in [5.41, 5.74) is -0.0510. The van der Waals surface area contributed by atoms with Crippen LogP contribution < -0.4 is 18.9 Å². The van der Waals surface area contributed by atoms with Gasteiger partial charge in [-0.3, -0.25) is 0 Å². The van der Waals surface area contributed by atoms with Crippen molar-refractivity contribution in [1.29, 1.82) is 0 Å². The summed E-state index contributed by atoms with van der Waals surface area (Å²) in [7, 11) is 2.51. The maximum absolute atomic E-state index is 11.3. The summed E-state index contributed by atoms with van der Waals surface area (Å²) in [6, 6.07) is 6.09. The lowest BCUT2D eigenvalue weighted by Gasteiger charge is -2.45. The van der Waals surface area contributed by atoms with E-state index in [1.54, 1.807) is 0 Å². The van der Waals surface area contributed by atoms with Gasteiger partial charge in [0.2, 0.25) is 24.1 Å². The summed E-state index contributed by atoms with van der Waals surface area (Å²) in [5.74, 6) is -1.88. The van der Waals surface area contributed by atoms with E-state index in [0.29, 0.717) is 0 Å². The van der Waals surface area contributed by atoms with E-state index in [9.17, 15) is 66.4 Å². The Kier molecular flexibility index (Phi) is 13.1. The summed E-state index contributed by atoms with van der Waals surface area (Å²) in [6.07, 6.45) is -26.5. The molecule has 4 heterocycles. The molecule has 15 atom stereocenters. The Hall–Kier alpha value is -3.95. The lowest BCUT2D eigenvalue weighted by Crippen LogP contribution is -2.65. The zero-order chi connectivity index (χ0) is 41.5. The van der Waals surface area contributed by atoms with Crippen molar-refractivity contribution in [2.45, 2.75) is 92.1 Å². The van der Waals surface area contributed by atoms with E-state index in [-0.39, 0.29) is 45.3 Å². The molecule has 3 aliphatic heterocycles. The van der Waals surface area contributed by atoms with Crippen molar-refractivity contribution in [3.8, 4) is 45.8 Å². The Bertz CT molecular complexity index is 1820. The number of benzene rings is 2. The van der Waals surface area contributed by atoms with Gasteiger partial charge in [-0.05, 0) is 0 Å². The van der Waals surface area contributed by atoms with Gasteiger partial charge in [-0.15, -0.1) is 0 Å². The molecular weight excluding hydrogens is 772 g/mol. The van der Waals surface area contributed by atoms with Crippen molar-refractivity contribution in [2.24, 2.45) is 0 Å². The van der Waals surface area contributed by atoms with Gasteiger partial charge in [-0.2, -0.15) is 0 Å². The van der Waals surface area contributed by atoms with Crippen LogP contribution in [0.15, 0.2) is 34.7 Å². The molecular formula is C35H45O22+. The van der Waals surface area contributed by atoms with Crippen LogP contribution in [0.5, 0.6) is 34.5 Å². The zero-order valence-electron chi connectivity index (χ0n) is 30.2. The number of aliphatic hydroxyl groups excluding tert-OH is 11. The van der Waals surface area contributed by atoms with Gasteiger partial charge >= 0.3 is 11.3 Å². The molecule has 0 unspecified atom stereocenters. The second kappa shape index (κ2) is 17.5. The summed E-state index contributed by atoms with van der Waals surface area (Å²) in [5, 5.41) is 135.